The highest BCUT2D eigenvalue weighted by molar-refractivity contribution is 7.17. The minimum Gasteiger partial charge on any atom is -0.383 e. The molecule has 0 aromatic carbocycles. The Labute approximate surface area is 132 Å². The Bertz CT molecular complexity index is 502. The third-order valence-electron chi connectivity index (χ3n) is 3.34. The van der Waals surface area contributed by atoms with Gasteiger partial charge in [0.25, 0.3) is 5.91 Å². The zero-order chi connectivity index (χ0) is 14.6. The largest absolute Gasteiger partial charge is 0.383 e. The van der Waals surface area contributed by atoms with E-state index in [1.54, 1.807) is 7.11 Å². The molecule has 2 rings (SSSR count). The number of carbonyl (C=O) groups is 1. The number of nitrogens with zero attached hydrogens (tertiary/aromatic N) is 1. The standard InChI is InChI=1S/C12H17N3O4S.ClH/c1-19-8-12(5-2-6-14-12)7-13-11(16)9-3-4-10(20-9)15(17)18;/h3-4,14H,2,5-8H2,1H3,(H,13,16);1H. The van der Waals surface area contributed by atoms with Crippen molar-refractivity contribution in [1.29, 1.82) is 0 Å². The van der Waals surface area contributed by atoms with E-state index in [1.807, 2.05) is 0 Å². The van der Waals surface area contributed by atoms with Gasteiger partial charge in [0.05, 0.1) is 21.9 Å². The first kappa shape index (κ1) is 17.8. The van der Waals surface area contributed by atoms with E-state index in [9.17, 15) is 14.9 Å². The Kier molecular flexibility index (Phi) is 6.53. The number of nitrogens with one attached hydrogen (secondary N) is 2. The molecule has 0 saturated carbocycles. The molecule has 1 fully saturated rings. The SMILES string of the molecule is COCC1(CNC(=O)c2ccc([N+](=O)[O-])s2)CCCN1.Cl. The Morgan fingerprint density at radius 1 is 1.62 bits per heavy atom. The third-order valence-corrected chi connectivity index (χ3v) is 4.37. The Morgan fingerprint density at radius 3 is 2.90 bits per heavy atom. The van der Waals surface area contributed by atoms with E-state index in [0.717, 1.165) is 30.7 Å². The first-order valence-electron chi connectivity index (χ1n) is 6.33. The number of rotatable bonds is 6. The molecule has 0 bridgehead atoms. The number of hydrogen-bond acceptors (Lipinski definition) is 6. The van der Waals surface area contributed by atoms with Gasteiger partial charge in [-0.15, -0.1) is 12.4 Å². The summed E-state index contributed by atoms with van der Waals surface area (Å²) in [6.45, 7) is 1.88. The van der Waals surface area contributed by atoms with Crippen molar-refractivity contribution in [2.24, 2.45) is 0 Å². The van der Waals surface area contributed by atoms with E-state index >= 15 is 0 Å². The van der Waals surface area contributed by atoms with E-state index < -0.39 is 4.92 Å². The van der Waals surface area contributed by atoms with Crippen LogP contribution in [0.4, 0.5) is 5.00 Å². The molecule has 1 atom stereocenters. The van der Waals surface area contributed by atoms with Crippen LogP contribution in [0.2, 0.25) is 0 Å². The summed E-state index contributed by atoms with van der Waals surface area (Å²) in [5.41, 5.74) is -0.229. The monoisotopic (exact) mass is 335 g/mol. The van der Waals surface area contributed by atoms with Gasteiger partial charge in [-0.05, 0) is 25.5 Å². The molecule has 2 heterocycles. The molecule has 0 spiro atoms. The van der Waals surface area contributed by atoms with Crippen molar-refractivity contribution in [1.82, 2.24) is 10.6 Å². The summed E-state index contributed by atoms with van der Waals surface area (Å²) in [4.78, 5) is 22.4. The summed E-state index contributed by atoms with van der Waals surface area (Å²) in [6, 6.07) is 2.82. The van der Waals surface area contributed by atoms with Gasteiger partial charge in [0.1, 0.15) is 0 Å². The minimum atomic E-state index is -0.494. The van der Waals surface area contributed by atoms with E-state index in [-0.39, 0.29) is 28.9 Å². The lowest BCUT2D eigenvalue weighted by Gasteiger charge is -2.28. The summed E-state index contributed by atoms with van der Waals surface area (Å²) in [6.07, 6.45) is 1.98. The second kappa shape index (κ2) is 7.69. The van der Waals surface area contributed by atoms with Crippen LogP contribution in [0.3, 0.4) is 0 Å². The quantitative estimate of drug-likeness (QED) is 0.608. The summed E-state index contributed by atoms with van der Waals surface area (Å²) < 4.78 is 5.20. The van der Waals surface area contributed by atoms with Crippen molar-refractivity contribution in [3.05, 3.63) is 27.1 Å². The lowest BCUT2D eigenvalue weighted by molar-refractivity contribution is -0.380. The van der Waals surface area contributed by atoms with Crippen molar-refractivity contribution < 1.29 is 14.5 Å². The lowest BCUT2D eigenvalue weighted by atomic mass is 9.98. The van der Waals surface area contributed by atoms with E-state index in [0.29, 0.717) is 18.0 Å². The molecule has 1 saturated heterocycles. The van der Waals surface area contributed by atoms with Crippen LogP contribution in [-0.2, 0) is 4.74 Å². The molecule has 1 aliphatic heterocycles. The fourth-order valence-electron chi connectivity index (χ4n) is 2.35. The van der Waals surface area contributed by atoms with Crippen LogP contribution >= 0.6 is 23.7 Å². The molecule has 0 aliphatic carbocycles. The predicted octanol–water partition coefficient (Wildman–Crippen LogP) is 1.58. The number of ether oxygens (including phenoxy) is 1. The number of amides is 1. The first-order chi connectivity index (χ1) is 9.56. The van der Waals surface area contributed by atoms with Crippen LogP contribution in [0.15, 0.2) is 12.1 Å². The average Bonchev–Trinajstić information content (AvgIpc) is 3.06. The van der Waals surface area contributed by atoms with Gasteiger partial charge < -0.3 is 15.4 Å². The van der Waals surface area contributed by atoms with E-state index in [1.165, 1.54) is 12.1 Å². The fourth-order valence-corrected chi connectivity index (χ4v) is 3.09. The summed E-state index contributed by atoms with van der Waals surface area (Å²) in [7, 11) is 1.63. The molecule has 1 aliphatic rings. The van der Waals surface area contributed by atoms with Crippen LogP contribution in [0.5, 0.6) is 0 Å². The molecular formula is C12H18ClN3O4S. The lowest BCUT2D eigenvalue weighted by Crippen LogP contribution is -2.52. The maximum absolute atomic E-state index is 12.0. The number of methoxy groups -OCH3 is 1. The third kappa shape index (κ3) is 4.37. The number of hydrogen-bond donors (Lipinski definition) is 2. The molecule has 21 heavy (non-hydrogen) atoms. The fraction of sp³-hybridized carbons (Fsp3) is 0.583. The minimum absolute atomic E-state index is 0. The van der Waals surface area contributed by atoms with Crippen molar-refractivity contribution in [3.8, 4) is 0 Å². The van der Waals surface area contributed by atoms with Gasteiger partial charge in [-0.3, -0.25) is 14.9 Å². The Morgan fingerprint density at radius 2 is 2.38 bits per heavy atom. The van der Waals surface area contributed by atoms with Crippen molar-refractivity contribution in [2.45, 2.75) is 18.4 Å². The number of nitro groups is 1. The highest BCUT2D eigenvalue weighted by Crippen LogP contribution is 2.24. The van der Waals surface area contributed by atoms with Gasteiger partial charge in [-0.25, -0.2) is 0 Å². The average molecular weight is 336 g/mol. The maximum atomic E-state index is 12.0. The molecule has 1 unspecified atom stereocenters. The predicted molar refractivity (Wildman–Crippen MR) is 82.4 cm³/mol. The summed E-state index contributed by atoms with van der Waals surface area (Å²) >= 11 is 0.881. The van der Waals surface area contributed by atoms with Crippen LogP contribution in [0.1, 0.15) is 22.5 Å². The molecule has 1 aromatic heterocycles. The normalized spacial score (nSPS) is 20.8. The van der Waals surface area contributed by atoms with Gasteiger partial charge in [0.15, 0.2) is 0 Å². The molecule has 118 valence electrons. The molecule has 7 nitrogen and oxygen atoms in total. The van der Waals surface area contributed by atoms with Crippen LogP contribution in [-0.4, -0.2) is 43.2 Å². The molecule has 1 aromatic rings. The summed E-state index contributed by atoms with van der Waals surface area (Å²) in [5.74, 6) is -0.285. The second-order valence-corrected chi connectivity index (χ2v) is 5.88. The molecule has 9 heteroatoms. The zero-order valence-electron chi connectivity index (χ0n) is 11.6. The van der Waals surface area contributed by atoms with Crippen molar-refractivity contribution in [3.63, 3.8) is 0 Å². The Balaban J connectivity index is 0.00000220. The van der Waals surface area contributed by atoms with E-state index in [4.69, 9.17) is 4.74 Å². The highest BCUT2D eigenvalue weighted by Gasteiger charge is 2.34. The molecule has 2 N–H and O–H groups in total. The number of thiophene rings is 1. The van der Waals surface area contributed by atoms with Crippen LogP contribution in [0, 0.1) is 10.1 Å². The number of carbonyl (C=O) groups excluding carboxylic acids is 1. The highest BCUT2D eigenvalue weighted by atomic mass is 35.5. The van der Waals surface area contributed by atoms with Gasteiger partial charge >= 0.3 is 5.00 Å². The topological polar surface area (TPSA) is 93.5 Å². The van der Waals surface area contributed by atoms with Crippen LogP contribution < -0.4 is 10.6 Å². The van der Waals surface area contributed by atoms with Gasteiger partial charge in [0, 0.05) is 19.7 Å². The summed E-state index contributed by atoms with van der Waals surface area (Å²) in [5, 5.41) is 16.8. The Hall–Kier alpha value is -1.22. The van der Waals surface area contributed by atoms with Gasteiger partial charge in [-0.2, -0.15) is 0 Å². The zero-order valence-corrected chi connectivity index (χ0v) is 13.2. The van der Waals surface area contributed by atoms with Crippen molar-refractivity contribution >= 4 is 34.7 Å². The van der Waals surface area contributed by atoms with Crippen LogP contribution in [0.25, 0.3) is 0 Å². The van der Waals surface area contributed by atoms with Gasteiger partial charge in [-0.1, -0.05) is 11.3 Å². The molecule has 0 radical (unpaired) electrons. The van der Waals surface area contributed by atoms with Gasteiger partial charge in [0.2, 0.25) is 0 Å². The van der Waals surface area contributed by atoms with Crippen molar-refractivity contribution in [2.75, 3.05) is 26.8 Å². The van der Waals surface area contributed by atoms with E-state index in [2.05, 4.69) is 10.6 Å². The second-order valence-electron chi connectivity index (χ2n) is 4.82. The molecular weight excluding hydrogens is 318 g/mol. The maximum Gasteiger partial charge on any atom is 0.324 e. The molecule has 1 amide bonds. The smallest absolute Gasteiger partial charge is 0.324 e. The number of halogens is 1. The first-order valence-corrected chi connectivity index (χ1v) is 7.14.